The van der Waals surface area contributed by atoms with Gasteiger partial charge >= 0.3 is 5.97 Å². The highest BCUT2D eigenvalue weighted by molar-refractivity contribution is 5.94. The molecule has 1 amide bonds. The highest BCUT2D eigenvalue weighted by atomic mass is 16.7. The molecule has 1 N–H and O–H groups in total. The number of carbonyl (C=O) groups excluding carboxylic acids is 2. The number of benzene rings is 2. The number of carbonyl (C=O) groups is 2. The third-order valence-electron chi connectivity index (χ3n) is 3.61. The first-order chi connectivity index (χ1) is 12.6. The van der Waals surface area contributed by atoms with Crippen LogP contribution in [0.25, 0.3) is 0 Å². The number of hydrogen-bond acceptors (Lipinski definition) is 7. The van der Waals surface area contributed by atoms with Crippen molar-refractivity contribution in [3.63, 3.8) is 0 Å². The van der Waals surface area contributed by atoms with Crippen LogP contribution in [0.15, 0.2) is 36.4 Å². The van der Waals surface area contributed by atoms with Gasteiger partial charge in [-0.1, -0.05) is 0 Å². The molecule has 136 valence electrons. The van der Waals surface area contributed by atoms with E-state index >= 15 is 0 Å². The van der Waals surface area contributed by atoms with Gasteiger partial charge in [0.2, 0.25) is 6.79 Å². The molecule has 26 heavy (non-hydrogen) atoms. The van der Waals surface area contributed by atoms with Crippen LogP contribution < -0.4 is 24.3 Å². The number of rotatable bonds is 6. The van der Waals surface area contributed by atoms with E-state index in [2.05, 4.69) is 5.32 Å². The Bertz CT molecular complexity index is 834. The Morgan fingerprint density at radius 1 is 1.08 bits per heavy atom. The van der Waals surface area contributed by atoms with E-state index in [1.54, 1.807) is 24.3 Å². The summed E-state index contributed by atoms with van der Waals surface area (Å²) in [6.07, 6.45) is 0. The summed E-state index contributed by atoms with van der Waals surface area (Å²) >= 11 is 0. The van der Waals surface area contributed by atoms with Crippen LogP contribution in [-0.4, -0.2) is 39.5 Å². The van der Waals surface area contributed by atoms with Gasteiger partial charge < -0.3 is 29.0 Å². The molecule has 0 bridgehead atoms. The standard InChI is InChI=1S/C18H17NO7/c1-22-12-4-5-13(18(21)23-2)15(8-12)24-9-17(20)19-11-3-6-14-16(7-11)26-10-25-14/h3-8H,9-10H2,1-2H3,(H,19,20). The Morgan fingerprint density at radius 2 is 1.88 bits per heavy atom. The quantitative estimate of drug-likeness (QED) is 0.791. The molecular formula is C18H17NO7. The summed E-state index contributed by atoms with van der Waals surface area (Å²) in [5, 5.41) is 2.69. The normalized spacial score (nSPS) is 11.6. The second-order valence-electron chi connectivity index (χ2n) is 5.26. The smallest absolute Gasteiger partial charge is 0.341 e. The van der Waals surface area contributed by atoms with Gasteiger partial charge in [0.05, 0.1) is 14.2 Å². The van der Waals surface area contributed by atoms with Crippen LogP contribution in [0, 0.1) is 0 Å². The van der Waals surface area contributed by atoms with E-state index in [1.165, 1.54) is 26.4 Å². The van der Waals surface area contributed by atoms with Gasteiger partial charge in [-0.3, -0.25) is 4.79 Å². The molecule has 0 saturated heterocycles. The summed E-state index contributed by atoms with van der Waals surface area (Å²) in [4.78, 5) is 23.9. The average molecular weight is 359 g/mol. The lowest BCUT2D eigenvalue weighted by molar-refractivity contribution is -0.118. The Hall–Kier alpha value is -3.42. The van der Waals surface area contributed by atoms with Crippen molar-refractivity contribution < 1.29 is 33.3 Å². The van der Waals surface area contributed by atoms with E-state index in [1.807, 2.05) is 0 Å². The largest absolute Gasteiger partial charge is 0.497 e. The first-order valence-electron chi connectivity index (χ1n) is 7.69. The minimum absolute atomic E-state index is 0.155. The molecule has 8 heteroatoms. The number of methoxy groups -OCH3 is 2. The first kappa shape index (κ1) is 17.4. The molecule has 0 unspecified atom stereocenters. The van der Waals surface area contributed by atoms with Crippen LogP contribution in [0.5, 0.6) is 23.0 Å². The Morgan fingerprint density at radius 3 is 2.65 bits per heavy atom. The first-order valence-corrected chi connectivity index (χ1v) is 7.69. The van der Waals surface area contributed by atoms with Crippen molar-refractivity contribution in [2.45, 2.75) is 0 Å². The van der Waals surface area contributed by atoms with Crippen molar-refractivity contribution in [2.75, 3.05) is 32.9 Å². The molecule has 1 aliphatic rings. The summed E-state index contributed by atoms with van der Waals surface area (Å²) in [7, 11) is 2.76. The summed E-state index contributed by atoms with van der Waals surface area (Å²) in [5.74, 6) is 0.894. The number of ether oxygens (including phenoxy) is 5. The second kappa shape index (κ2) is 7.64. The van der Waals surface area contributed by atoms with Crippen molar-refractivity contribution in [1.82, 2.24) is 0 Å². The molecule has 2 aromatic carbocycles. The molecule has 0 fully saturated rings. The van der Waals surface area contributed by atoms with Gasteiger partial charge in [-0.15, -0.1) is 0 Å². The van der Waals surface area contributed by atoms with Crippen LogP contribution in [0.1, 0.15) is 10.4 Å². The summed E-state index contributed by atoms with van der Waals surface area (Å²) in [5.41, 5.74) is 0.742. The highest BCUT2D eigenvalue weighted by Gasteiger charge is 2.17. The van der Waals surface area contributed by atoms with Crippen LogP contribution in [-0.2, 0) is 9.53 Å². The van der Waals surface area contributed by atoms with Crippen LogP contribution in [0.2, 0.25) is 0 Å². The monoisotopic (exact) mass is 359 g/mol. The fraction of sp³-hybridized carbons (Fsp3) is 0.222. The third kappa shape index (κ3) is 3.80. The average Bonchev–Trinajstić information content (AvgIpc) is 3.13. The number of nitrogens with one attached hydrogen (secondary N) is 1. The van der Waals surface area contributed by atoms with E-state index in [9.17, 15) is 9.59 Å². The van der Waals surface area contributed by atoms with Gasteiger partial charge in [0.25, 0.3) is 5.91 Å². The fourth-order valence-corrected chi connectivity index (χ4v) is 2.34. The molecule has 0 radical (unpaired) electrons. The van der Waals surface area contributed by atoms with Crippen molar-refractivity contribution in [3.8, 4) is 23.0 Å². The van der Waals surface area contributed by atoms with Crippen molar-refractivity contribution in [2.24, 2.45) is 0 Å². The van der Waals surface area contributed by atoms with Gasteiger partial charge in [0.15, 0.2) is 18.1 Å². The predicted octanol–water partition coefficient (Wildman–Crippen LogP) is 2.23. The van der Waals surface area contributed by atoms with E-state index in [4.69, 9.17) is 23.7 Å². The van der Waals surface area contributed by atoms with E-state index < -0.39 is 11.9 Å². The lowest BCUT2D eigenvalue weighted by Crippen LogP contribution is -2.21. The number of amides is 1. The van der Waals surface area contributed by atoms with Crippen molar-refractivity contribution in [1.29, 1.82) is 0 Å². The van der Waals surface area contributed by atoms with Gasteiger partial charge in [0, 0.05) is 17.8 Å². The van der Waals surface area contributed by atoms with Gasteiger partial charge in [0.1, 0.15) is 17.1 Å². The van der Waals surface area contributed by atoms with Crippen LogP contribution in [0.4, 0.5) is 5.69 Å². The molecule has 2 aromatic rings. The number of anilines is 1. The zero-order valence-corrected chi connectivity index (χ0v) is 14.2. The van der Waals surface area contributed by atoms with Crippen molar-refractivity contribution in [3.05, 3.63) is 42.0 Å². The minimum Gasteiger partial charge on any atom is -0.497 e. The predicted molar refractivity (Wildman–Crippen MR) is 91.0 cm³/mol. The van der Waals surface area contributed by atoms with Gasteiger partial charge in [-0.25, -0.2) is 4.79 Å². The summed E-state index contributed by atoms with van der Waals surface area (Å²) in [6, 6.07) is 9.68. The number of fused-ring (bicyclic) bond motifs is 1. The Balaban J connectivity index is 1.66. The van der Waals surface area contributed by atoms with Crippen molar-refractivity contribution >= 4 is 17.6 Å². The fourth-order valence-electron chi connectivity index (χ4n) is 2.34. The van der Waals surface area contributed by atoms with Crippen LogP contribution >= 0.6 is 0 Å². The lowest BCUT2D eigenvalue weighted by atomic mass is 10.2. The Kier molecular flexibility index (Phi) is 5.12. The van der Waals surface area contributed by atoms with E-state index in [0.717, 1.165) is 0 Å². The van der Waals surface area contributed by atoms with E-state index in [-0.39, 0.29) is 24.7 Å². The maximum absolute atomic E-state index is 12.1. The van der Waals surface area contributed by atoms with Gasteiger partial charge in [-0.2, -0.15) is 0 Å². The van der Waals surface area contributed by atoms with Crippen LogP contribution in [0.3, 0.4) is 0 Å². The number of hydrogen-bond donors (Lipinski definition) is 1. The summed E-state index contributed by atoms with van der Waals surface area (Å²) < 4.78 is 25.8. The van der Waals surface area contributed by atoms with E-state index in [0.29, 0.717) is 22.9 Å². The third-order valence-corrected chi connectivity index (χ3v) is 3.61. The molecule has 0 atom stereocenters. The highest BCUT2D eigenvalue weighted by Crippen LogP contribution is 2.34. The topological polar surface area (TPSA) is 92.3 Å². The molecule has 0 spiro atoms. The molecule has 3 rings (SSSR count). The summed E-state index contributed by atoms with van der Waals surface area (Å²) in [6.45, 7) is -0.145. The SMILES string of the molecule is COC(=O)c1ccc(OC)cc1OCC(=O)Nc1ccc2c(c1)OCO2. The molecule has 0 saturated carbocycles. The molecular weight excluding hydrogens is 342 g/mol. The van der Waals surface area contributed by atoms with Gasteiger partial charge in [-0.05, 0) is 24.3 Å². The molecule has 1 heterocycles. The number of esters is 1. The minimum atomic E-state index is -0.571. The zero-order valence-electron chi connectivity index (χ0n) is 14.2. The molecule has 0 aromatic heterocycles. The Labute approximate surface area is 149 Å². The second-order valence-corrected chi connectivity index (χ2v) is 5.26. The molecule has 0 aliphatic carbocycles. The maximum atomic E-state index is 12.1. The zero-order chi connectivity index (χ0) is 18.5. The molecule has 1 aliphatic heterocycles. The molecule has 8 nitrogen and oxygen atoms in total. The lowest BCUT2D eigenvalue weighted by Gasteiger charge is -2.12. The maximum Gasteiger partial charge on any atom is 0.341 e.